The van der Waals surface area contributed by atoms with E-state index < -0.39 is 10.0 Å². The first kappa shape index (κ1) is 19.4. The lowest BCUT2D eigenvalue weighted by atomic mass is 10.1. The molecule has 0 spiro atoms. The largest absolute Gasteiger partial charge is 0.497 e. The highest BCUT2D eigenvalue weighted by atomic mass is 32.2. The monoisotopic (exact) mass is 411 g/mol. The Kier molecular flexibility index (Phi) is 5.21. The van der Waals surface area contributed by atoms with Gasteiger partial charge in [0, 0.05) is 42.9 Å². The van der Waals surface area contributed by atoms with Crippen LogP contribution in [0.4, 0.5) is 0 Å². The summed E-state index contributed by atoms with van der Waals surface area (Å²) in [6.45, 7) is 0.550. The molecule has 2 heterocycles. The van der Waals surface area contributed by atoms with E-state index in [-0.39, 0.29) is 17.2 Å². The summed E-state index contributed by atoms with van der Waals surface area (Å²) in [5.74, 6) is 1.39. The van der Waals surface area contributed by atoms with Crippen molar-refractivity contribution >= 4 is 10.0 Å². The van der Waals surface area contributed by atoms with Crippen molar-refractivity contribution in [3.63, 3.8) is 0 Å². The minimum absolute atomic E-state index is 0.0876. The van der Waals surface area contributed by atoms with Crippen molar-refractivity contribution in [2.24, 2.45) is 0 Å². The van der Waals surface area contributed by atoms with Gasteiger partial charge in [-0.1, -0.05) is 30.3 Å². The minimum Gasteiger partial charge on any atom is -0.497 e. The van der Waals surface area contributed by atoms with Crippen LogP contribution in [0.5, 0.6) is 11.5 Å². The van der Waals surface area contributed by atoms with Crippen LogP contribution in [-0.4, -0.2) is 43.5 Å². The van der Waals surface area contributed by atoms with Crippen LogP contribution >= 0.6 is 0 Å². The topological polar surface area (TPSA) is 81.6 Å². The molecule has 0 saturated heterocycles. The highest BCUT2D eigenvalue weighted by Crippen LogP contribution is 2.33. The second kappa shape index (κ2) is 7.81. The molecule has 1 aliphatic heterocycles. The molecular formula is C21H21N3O4S. The SMILES string of the molecule is COc1ccc(OC)c(S(=O)(=O)N2CCc3nc(-c4ccccc4)ncc3C2)c1. The molecule has 0 saturated carbocycles. The van der Waals surface area contributed by atoms with E-state index >= 15 is 0 Å². The van der Waals surface area contributed by atoms with Gasteiger partial charge in [0.05, 0.1) is 19.9 Å². The number of ether oxygens (including phenoxy) is 2. The van der Waals surface area contributed by atoms with Gasteiger partial charge in [0.2, 0.25) is 10.0 Å². The number of methoxy groups -OCH3 is 2. The number of sulfonamides is 1. The fourth-order valence-electron chi connectivity index (χ4n) is 3.35. The number of hydrogen-bond donors (Lipinski definition) is 0. The third-order valence-corrected chi connectivity index (χ3v) is 6.79. The fraction of sp³-hybridized carbons (Fsp3) is 0.238. The number of fused-ring (bicyclic) bond motifs is 1. The molecule has 0 fully saturated rings. The quantitative estimate of drug-likeness (QED) is 0.642. The second-order valence-corrected chi connectivity index (χ2v) is 8.54. The van der Waals surface area contributed by atoms with Crippen molar-refractivity contribution < 1.29 is 17.9 Å². The van der Waals surface area contributed by atoms with Gasteiger partial charge in [0.15, 0.2) is 5.82 Å². The zero-order valence-corrected chi connectivity index (χ0v) is 17.0. The summed E-state index contributed by atoms with van der Waals surface area (Å²) in [7, 11) is -0.823. The minimum atomic E-state index is -3.77. The Morgan fingerprint density at radius 3 is 2.55 bits per heavy atom. The number of aromatic nitrogens is 2. The van der Waals surface area contributed by atoms with Crippen molar-refractivity contribution in [2.45, 2.75) is 17.9 Å². The molecule has 150 valence electrons. The first-order chi connectivity index (χ1) is 14.0. The van der Waals surface area contributed by atoms with Gasteiger partial charge in [-0.05, 0) is 12.1 Å². The standard InChI is InChI=1S/C21H21N3O4S/c1-27-17-8-9-19(28-2)20(12-17)29(25,26)24-11-10-18-16(14-24)13-22-21(23-18)15-6-4-3-5-7-15/h3-9,12-13H,10-11,14H2,1-2H3. The molecule has 2 aromatic carbocycles. The summed E-state index contributed by atoms with van der Waals surface area (Å²) >= 11 is 0. The molecule has 8 heteroatoms. The van der Waals surface area contributed by atoms with E-state index in [9.17, 15) is 8.42 Å². The van der Waals surface area contributed by atoms with E-state index in [0.717, 1.165) is 16.8 Å². The zero-order valence-electron chi connectivity index (χ0n) is 16.2. The lowest BCUT2D eigenvalue weighted by Gasteiger charge is -2.28. The Labute approximate surface area is 170 Å². The van der Waals surface area contributed by atoms with Crippen LogP contribution in [0.25, 0.3) is 11.4 Å². The predicted molar refractivity (Wildman–Crippen MR) is 108 cm³/mol. The third-order valence-electron chi connectivity index (χ3n) is 4.92. The molecule has 29 heavy (non-hydrogen) atoms. The maximum absolute atomic E-state index is 13.3. The van der Waals surface area contributed by atoms with Crippen molar-refractivity contribution in [3.05, 3.63) is 66.0 Å². The van der Waals surface area contributed by atoms with E-state index in [1.54, 1.807) is 18.3 Å². The number of nitrogens with zero attached hydrogens (tertiary/aromatic N) is 3. The van der Waals surface area contributed by atoms with E-state index in [2.05, 4.69) is 9.97 Å². The molecule has 0 N–H and O–H groups in total. The summed E-state index contributed by atoms with van der Waals surface area (Å²) < 4.78 is 38.5. The molecule has 4 rings (SSSR count). The van der Waals surface area contributed by atoms with Crippen molar-refractivity contribution in [2.75, 3.05) is 20.8 Å². The molecule has 0 aliphatic carbocycles. The molecule has 1 aliphatic rings. The summed E-state index contributed by atoms with van der Waals surface area (Å²) in [5.41, 5.74) is 2.62. The van der Waals surface area contributed by atoms with Gasteiger partial charge in [-0.25, -0.2) is 18.4 Å². The van der Waals surface area contributed by atoms with Gasteiger partial charge < -0.3 is 9.47 Å². The fourth-order valence-corrected chi connectivity index (χ4v) is 4.94. The summed E-state index contributed by atoms with van der Waals surface area (Å²) in [6.07, 6.45) is 2.23. The molecule has 7 nitrogen and oxygen atoms in total. The Balaban J connectivity index is 1.65. The first-order valence-electron chi connectivity index (χ1n) is 9.15. The molecule has 1 aromatic heterocycles. The normalized spacial score (nSPS) is 14.3. The van der Waals surface area contributed by atoms with Crippen LogP contribution in [0, 0.1) is 0 Å². The smallest absolute Gasteiger partial charge is 0.247 e. The Morgan fingerprint density at radius 2 is 1.83 bits per heavy atom. The first-order valence-corrected chi connectivity index (χ1v) is 10.6. The lowest BCUT2D eigenvalue weighted by Crippen LogP contribution is -2.36. The van der Waals surface area contributed by atoms with Crippen LogP contribution < -0.4 is 9.47 Å². The van der Waals surface area contributed by atoms with Crippen molar-refractivity contribution in [1.29, 1.82) is 0 Å². The highest BCUT2D eigenvalue weighted by molar-refractivity contribution is 7.89. The van der Waals surface area contributed by atoms with E-state index in [1.165, 1.54) is 24.6 Å². The van der Waals surface area contributed by atoms with Crippen LogP contribution in [0.3, 0.4) is 0 Å². The number of benzene rings is 2. The van der Waals surface area contributed by atoms with Gasteiger partial charge >= 0.3 is 0 Å². The maximum atomic E-state index is 13.3. The van der Waals surface area contributed by atoms with Crippen molar-refractivity contribution in [3.8, 4) is 22.9 Å². The van der Waals surface area contributed by atoms with Crippen LogP contribution in [0.2, 0.25) is 0 Å². The summed E-state index contributed by atoms with van der Waals surface area (Å²) in [5, 5.41) is 0. The summed E-state index contributed by atoms with van der Waals surface area (Å²) in [6, 6.07) is 14.5. The average molecular weight is 411 g/mol. The molecule has 0 unspecified atom stereocenters. The van der Waals surface area contributed by atoms with Crippen molar-refractivity contribution in [1.82, 2.24) is 14.3 Å². The van der Waals surface area contributed by atoms with E-state index in [1.807, 2.05) is 30.3 Å². The van der Waals surface area contributed by atoms with Gasteiger partial charge in [0.25, 0.3) is 0 Å². The Bertz CT molecular complexity index is 1130. The van der Waals surface area contributed by atoms with Gasteiger partial charge in [-0.15, -0.1) is 0 Å². The predicted octanol–water partition coefficient (Wildman–Crippen LogP) is 2.91. The maximum Gasteiger partial charge on any atom is 0.247 e. The molecule has 0 bridgehead atoms. The van der Waals surface area contributed by atoms with Gasteiger partial charge in [-0.3, -0.25) is 0 Å². The Hall–Kier alpha value is -2.97. The molecular weight excluding hydrogens is 390 g/mol. The molecule has 0 amide bonds. The molecule has 0 radical (unpaired) electrons. The molecule has 3 aromatic rings. The average Bonchev–Trinajstić information content (AvgIpc) is 2.78. The van der Waals surface area contributed by atoms with Crippen LogP contribution in [0.1, 0.15) is 11.3 Å². The van der Waals surface area contributed by atoms with Gasteiger partial charge in [0.1, 0.15) is 16.4 Å². The summed E-state index contributed by atoms with van der Waals surface area (Å²) in [4.78, 5) is 9.18. The highest BCUT2D eigenvalue weighted by Gasteiger charge is 2.32. The lowest BCUT2D eigenvalue weighted by molar-refractivity contribution is 0.371. The number of rotatable bonds is 5. The zero-order chi connectivity index (χ0) is 20.4. The number of hydrogen-bond acceptors (Lipinski definition) is 6. The van der Waals surface area contributed by atoms with Crippen LogP contribution in [0.15, 0.2) is 59.6 Å². The van der Waals surface area contributed by atoms with Gasteiger partial charge in [-0.2, -0.15) is 4.31 Å². The van der Waals surface area contributed by atoms with E-state index in [4.69, 9.17) is 9.47 Å². The van der Waals surface area contributed by atoms with Crippen LogP contribution in [-0.2, 0) is 23.0 Å². The van der Waals surface area contributed by atoms with E-state index in [0.29, 0.717) is 24.5 Å². The Morgan fingerprint density at radius 1 is 1.03 bits per heavy atom. The third kappa shape index (κ3) is 3.68. The second-order valence-electron chi connectivity index (χ2n) is 6.64. The molecule has 0 atom stereocenters.